The molecular formula is C21H8F34N2O2. The third-order valence-corrected chi connectivity index (χ3v) is 6.96. The molecule has 0 saturated carbocycles. The lowest BCUT2D eigenvalue weighted by atomic mass is 9.88. The molecule has 0 aromatic rings. The highest BCUT2D eigenvalue weighted by Crippen LogP contribution is 2.66. The van der Waals surface area contributed by atoms with Crippen molar-refractivity contribution in [3.8, 4) is 0 Å². The molecule has 0 aromatic carbocycles. The summed E-state index contributed by atoms with van der Waals surface area (Å²) < 4.78 is 452. The van der Waals surface area contributed by atoms with Crippen molar-refractivity contribution in [1.82, 2.24) is 10.6 Å². The Kier molecular flexibility index (Phi) is 13.5. The van der Waals surface area contributed by atoms with Crippen LogP contribution in [0, 0.1) is 0 Å². The van der Waals surface area contributed by atoms with Gasteiger partial charge in [0.15, 0.2) is 0 Å². The summed E-state index contributed by atoms with van der Waals surface area (Å²) in [5.74, 6) is -133. The van der Waals surface area contributed by atoms with Gasteiger partial charge in [0.05, 0.1) is 0 Å². The first-order valence-corrected chi connectivity index (χ1v) is 13.0. The molecule has 0 bridgehead atoms. The largest absolute Gasteiger partial charge is 0.460 e. The molecule has 59 heavy (non-hydrogen) atoms. The SMILES string of the molecule is CC(CNC(=O)C(F)(F)C(F)(F)C(F)(F)C(F)(F)C(F)(F)C(F)(F)C(F)(F)C(F)(F)F)NC(=O)C(F)(F)C(F)(F)C(F)(F)C(F)(F)C(F)(F)C(F)(F)C(F)(F)C(F)(F)F. The minimum atomic E-state index is -9.25. The van der Waals surface area contributed by atoms with E-state index < -0.39 is 120 Å². The van der Waals surface area contributed by atoms with E-state index in [2.05, 4.69) is 0 Å². The molecule has 0 aliphatic heterocycles. The number of hydrogen-bond donors (Lipinski definition) is 2. The van der Waals surface area contributed by atoms with Gasteiger partial charge in [0.1, 0.15) is 0 Å². The Hall–Kier alpha value is -3.44. The first kappa shape index (κ1) is 55.6. The highest BCUT2D eigenvalue weighted by atomic mass is 19.4. The lowest BCUT2D eigenvalue weighted by Gasteiger charge is -2.42. The normalized spacial score (nSPS) is 16.9. The molecule has 1 unspecified atom stereocenters. The van der Waals surface area contributed by atoms with Gasteiger partial charge in [0, 0.05) is 12.6 Å². The van der Waals surface area contributed by atoms with Crippen molar-refractivity contribution in [3.63, 3.8) is 0 Å². The molecule has 0 radical (unpaired) electrons. The summed E-state index contributed by atoms with van der Waals surface area (Å²) in [5, 5.41) is -0.220. The van der Waals surface area contributed by atoms with Crippen LogP contribution in [-0.2, 0) is 9.59 Å². The second kappa shape index (κ2) is 14.3. The fourth-order valence-electron chi connectivity index (χ4n) is 3.34. The Balaban J connectivity index is 6.62. The molecule has 352 valence electrons. The smallest absolute Gasteiger partial charge is 0.349 e. The molecule has 0 aliphatic rings. The van der Waals surface area contributed by atoms with Crippen LogP contribution in [0.15, 0.2) is 0 Å². The van der Waals surface area contributed by atoms with Crippen molar-refractivity contribution in [1.29, 1.82) is 0 Å². The van der Waals surface area contributed by atoms with Crippen molar-refractivity contribution in [2.24, 2.45) is 0 Å². The summed E-state index contributed by atoms with van der Waals surface area (Å²) in [7, 11) is 0. The van der Waals surface area contributed by atoms with E-state index in [1.165, 1.54) is 0 Å². The van der Waals surface area contributed by atoms with Gasteiger partial charge in [-0.15, -0.1) is 0 Å². The van der Waals surface area contributed by atoms with E-state index in [1.807, 2.05) is 0 Å². The van der Waals surface area contributed by atoms with Crippen molar-refractivity contribution in [3.05, 3.63) is 0 Å². The van der Waals surface area contributed by atoms with Crippen LogP contribution in [0.1, 0.15) is 6.92 Å². The zero-order valence-corrected chi connectivity index (χ0v) is 26.0. The summed E-state index contributed by atoms with van der Waals surface area (Å²) in [6.45, 7) is -3.05. The fourth-order valence-corrected chi connectivity index (χ4v) is 3.34. The van der Waals surface area contributed by atoms with Crippen molar-refractivity contribution >= 4 is 11.8 Å². The van der Waals surface area contributed by atoms with Crippen LogP contribution in [0.2, 0.25) is 0 Å². The Bertz CT molecular complexity index is 1550. The van der Waals surface area contributed by atoms with Gasteiger partial charge in [-0.1, -0.05) is 0 Å². The van der Waals surface area contributed by atoms with Crippen LogP contribution >= 0.6 is 0 Å². The number of amides is 2. The maximum Gasteiger partial charge on any atom is 0.460 e. The number of rotatable bonds is 17. The van der Waals surface area contributed by atoms with E-state index in [-0.39, 0.29) is 17.6 Å². The van der Waals surface area contributed by atoms with Crippen LogP contribution < -0.4 is 10.6 Å². The summed E-state index contributed by atoms with van der Waals surface area (Å²) in [6.07, 6.45) is -16.3. The van der Waals surface area contributed by atoms with Crippen LogP contribution in [0.25, 0.3) is 0 Å². The zero-order valence-electron chi connectivity index (χ0n) is 26.0. The third-order valence-electron chi connectivity index (χ3n) is 6.96. The molecule has 0 aromatic heterocycles. The molecule has 0 heterocycles. The standard InChI is InChI=1S/C21H8F34N2O2/c1-3(57-5(59)7(24,25)9(28,29)11(32,33)13(36,37)15(40,41)17(44,45)19(48,49)21(53,54)55)2-56-4(58)6(22,23)8(26,27)10(30,31)12(34,35)14(38,39)16(42,43)18(46,47)20(50,51)52/h3H,2H2,1H3,(H,56,58)(H,57,59). The van der Waals surface area contributed by atoms with Crippen LogP contribution in [0.5, 0.6) is 0 Å². The number of halogens is 34. The molecule has 4 nitrogen and oxygen atoms in total. The summed E-state index contributed by atoms with van der Waals surface area (Å²) in [5.41, 5.74) is 0. The Morgan fingerprint density at radius 1 is 0.322 bits per heavy atom. The van der Waals surface area contributed by atoms with Gasteiger partial charge in [-0.05, 0) is 6.92 Å². The van der Waals surface area contributed by atoms with Gasteiger partial charge < -0.3 is 10.6 Å². The molecule has 0 saturated heterocycles. The molecule has 38 heteroatoms. The predicted octanol–water partition coefficient (Wildman–Crippen LogP) is 9.63. The lowest BCUT2D eigenvalue weighted by Crippen LogP contribution is -2.75. The number of alkyl halides is 34. The molecule has 2 N–H and O–H groups in total. The highest BCUT2D eigenvalue weighted by Gasteiger charge is 2.97. The molecule has 0 aliphatic carbocycles. The molecule has 0 rings (SSSR count). The van der Waals surface area contributed by atoms with E-state index in [9.17, 15) is 159 Å². The average molecular weight is 966 g/mol. The van der Waals surface area contributed by atoms with Crippen molar-refractivity contribution < 1.29 is 159 Å². The van der Waals surface area contributed by atoms with E-state index in [0.29, 0.717) is 0 Å². The maximum absolute atomic E-state index is 14.0. The maximum atomic E-state index is 14.0. The van der Waals surface area contributed by atoms with Gasteiger partial charge in [0.25, 0.3) is 11.8 Å². The Morgan fingerprint density at radius 3 is 0.729 bits per heavy atom. The zero-order chi connectivity index (χ0) is 48.9. The second-order valence-electron chi connectivity index (χ2n) is 11.1. The van der Waals surface area contributed by atoms with Gasteiger partial charge >= 0.3 is 95.3 Å². The summed E-state index contributed by atoms with van der Waals surface area (Å²) in [4.78, 5) is 22.8. The minimum absolute atomic E-state index is 0.0865. The third kappa shape index (κ3) is 7.31. The van der Waals surface area contributed by atoms with Crippen molar-refractivity contribution in [2.45, 2.75) is 108 Å². The quantitative estimate of drug-likeness (QED) is 0.143. The van der Waals surface area contributed by atoms with E-state index >= 15 is 0 Å². The van der Waals surface area contributed by atoms with Gasteiger partial charge in [-0.25, -0.2) is 0 Å². The van der Waals surface area contributed by atoms with E-state index in [4.69, 9.17) is 0 Å². The molecule has 2 amide bonds. The lowest BCUT2D eigenvalue weighted by molar-refractivity contribution is -0.459. The fraction of sp³-hybridized carbons (Fsp3) is 0.905. The second-order valence-corrected chi connectivity index (χ2v) is 11.1. The summed E-state index contributed by atoms with van der Waals surface area (Å²) >= 11 is 0. The Morgan fingerprint density at radius 2 is 0.508 bits per heavy atom. The first-order valence-electron chi connectivity index (χ1n) is 13.0. The molecule has 1 atom stereocenters. The van der Waals surface area contributed by atoms with Gasteiger partial charge in [0.2, 0.25) is 0 Å². The van der Waals surface area contributed by atoms with E-state index in [0.717, 1.165) is 0 Å². The van der Waals surface area contributed by atoms with Crippen LogP contribution in [-0.4, -0.2) is 120 Å². The molecule has 0 fully saturated rings. The minimum Gasteiger partial charge on any atom is -0.349 e. The Labute approximate surface area is 297 Å². The summed E-state index contributed by atoms with van der Waals surface area (Å²) in [6, 6.07) is -3.31. The van der Waals surface area contributed by atoms with Crippen LogP contribution in [0.4, 0.5) is 149 Å². The number of carbonyl (C=O) groups is 2. The van der Waals surface area contributed by atoms with Crippen molar-refractivity contribution in [2.75, 3.05) is 6.54 Å². The van der Waals surface area contributed by atoms with Gasteiger partial charge in [-0.3, -0.25) is 9.59 Å². The first-order chi connectivity index (χ1) is 24.9. The predicted molar refractivity (Wildman–Crippen MR) is 112 cm³/mol. The number of hydrogen-bond acceptors (Lipinski definition) is 2. The molecule has 0 spiro atoms. The molecular weight excluding hydrogens is 958 g/mol. The highest BCUT2D eigenvalue weighted by molar-refractivity contribution is 5.86. The van der Waals surface area contributed by atoms with E-state index in [1.54, 1.807) is 0 Å². The number of nitrogens with one attached hydrogen (secondary N) is 2. The van der Waals surface area contributed by atoms with Gasteiger partial charge in [-0.2, -0.15) is 149 Å². The number of carbonyl (C=O) groups excluding carboxylic acids is 2. The van der Waals surface area contributed by atoms with Crippen LogP contribution in [0.3, 0.4) is 0 Å². The average Bonchev–Trinajstić information content (AvgIpc) is 3.00. The topological polar surface area (TPSA) is 58.2 Å². The monoisotopic (exact) mass is 966 g/mol.